The molecule has 110 valence electrons. The second kappa shape index (κ2) is 5.54. The van der Waals surface area contributed by atoms with Gasteiger partial charge in [0.15, 0.2) is 9.84 Å². The molecule has 0 aliphatic heterocycles. The third-order valence-electron chi connectivity index (χ3n) is 3.25. The van der Waals surface area contributed by atoms with Gasteiger partial charge >= 0.3 is 0 Å². The van der Waals surface area contributed by atoms with E-state index in [1.807, 2.05) is 0 Å². The van der Waals surface area contributed by atoms with Gasteiger partial charge in [0.1, 0.15) is 0 Å². The van der Waals surface area contributed by atoms with Gasteiger partial charge in [0, 0.05) is 29.1 Å². The second-order valence-electron chi connectivity index (χ2n) is 6.65. The summed E-state index contributed by atoms with van der Waals surface area (Å²) in [5, 5.41) is 3.24. The van der Waals surface area contributed by atoms with Crippen LogP contribution in [0.3, 0.4) is 0 Å². The van der Waals surface area contributed by atoms with E-state index < -0.39 is 14.6 Å². The maximum absolute atomic E-state index is 11.6. The van der Waals surface area contributed by atoms with Gasteiger partial charge in [-0.3, -0.25) is 0 Å². The van der Waals surface area contributed by atoms with Crippen molar-refractivity contribution in [1.29, 1.82) is 0 Å². The molecule has 0 spiro atoms. The lowest BCUT2D eigenvalue weighted by Gasteiger charge is -2.22. The van der Waals surface area contributed by atoms with Crippen LogP contribution >= 0.6 is 11.3 Å². The fourth-order valence-corrected chi connectivity index (χ4v) is 2.89. The van der Waals surface area contributed by atoms with Crippen molar-refractivity contribution in [3.63, 3.8) is 0 Å². The van der Waals surface area contributed by atoms with Gasteiger partial charge in [0.05, 0.1) is 4.75 Å². The molecule has 0 saturated carbocycles. The number of hydrogen-bond acceptors (Lipinski definition) is 4. The van der Waals surface area contributed by atoms with Crippen LogP contribution in [0.4, 0.5) is 0 Å². The largest absolute Gasteiger partial charge is 0.310 e. The van der Waals surface area contributed by atoms with E-state index in [2.05, 4.69) is 38.2 Å². The molecule has 1 N–H and O–H groups in total. The number of hydrogen-bond donors (Lipinski definition) is 1. The average Bonchev–Trinajstić information content (AvgIpc) is 2.63. The van der Waals surface area contributed by atoms with E-state index in [4.69, 9.17) is 0 Å². The van der Waals surface area contributed by atoms with Crippen molar-refractivity contribution in [3.05, 3.63) is 21.9 Å². The maximum atomic E-state index is 11.6. The molecule has 0 saturated heterocycles. The normalized spacial score (nSPS) is 13.8. The monoisotopic (exact) mass is 303 g/mol. The molecule has 19 heavy (non-hydrogen) atoms. The first-order valence-electron chi connectivity index (χ1n) is 6.43. The summed E-state index contributed by atoms with van der Waals surface area (Å²) in [5.74, 6) is 0. The maximum Gasteiger partial charge on any atom is 0.153 e. The van der Waals surface area contributed by atoms with E-state index in [1.54, 1.807) is 25.2 Å². The molecule has 1 aromatic heterocycles. The molecule has 0 bridgehead atoms. The summed E-state index contributed by atoms with van der Waals surface area (Å²) >= 11 is 1.79. The molecule has 0 atom stereocenters. The Morgan fingerprint density at radius 3 is 2.16 bits per heavy atom. The van der Waals surface area contributed by atoms with Crippen molar-refractivity contribution >= 4 is 21.2 Å². The lowest BCUT2D eigenvalue weighted by Crippen LogP contribution is -2.41. The summed E-state index contributed by atoms with van der Waals surface area (Å²) in [6.07, 6.45) is 1.29. The SMILES string of the molecule is CC(C)(C)c1ccc(CNCC(C)(C)S(C)(=O)=O)s1. The van der Waals surface area contributed by atoms with Gasteiger partial charge in [0.25, 0.3) is 0 Å². The van der Waals surface area contributed by atoms with Crippen LogP contribution in [-0.4, -0.2) is 26.0 Å². The van der Waals surface area contributed by atoms with E-state index in [9.17, 15) is 8.42 Å². The van der Waals surface area contributed by atoms with Crippen LogP contribution in [0.2, 0.25) is 0 Å². The molecule has 0 aromatic carbocycles. The Bertz CT molecular complexity index is 522. The van der Waals surface area contributed by atoms with Crippen molar-refractivity contribution in [2.45, 2.75) is 51.3 Å². The fraction of sp³-hybridized carbons (Fsp3) is 0.714. The van der Waals surface area contributed by atoms with Gasteiger partial charge < -0.3 is 5.32 Å². The molecule has 1 aromatic rings. The highest BCUT2D eigenvalue weighted by atomic mass is 32.2. The molecule has 1 heterocycles. The summed E-state index contributed by atoms with van der Waals surface area (Å²) in [5.41, 5.74) is 0.176. The van der Waals surface area contributed by atoms with Gasteiger partial charge in [-0.1, -0.05) is 20.8 Å². The molecule has 0 aliphatic carbocycles. The lowest BCUT2D eigenvalue weighted by molar-refractivity contribution is 0.522. The Morgan fingerprint density at radius 2 is 1.74 bits per heavy atom. The van der Waals surface area contributed by atoms with E-state index in [-0.39, 0.29) is 5.41 Å². The minimum absolute atomic E-state index is 0.176. The third-order valence-corrected chi connectivity index (χ3v) is 6.92. The summed E-state index contributed by atoms with van der Waals surface area (Å²) in [4.78, 5) is 2.60. The first-order chi connectivity index (χ1) is 8.43. The Balaban J connectivity index is 2.58. The highest BCUT2D eigenvalue weighted by molar-refractivity contribution is 7.92. The van der Waals surface area contributed by atoms with Crippen LogP contribution in [0.15, 0.2) is 12.1 Å². The second-order valence-corrected chi connectivity index (χ2v) is 10.5. The van der Waals surface area contributed by atoms with Crippen LogP contribution < -0.4 is 5.32 Å². The number of nitrogens with one attached hydrogen (secondary N) is 1. The fourth-order valence-electron chi connectivity index (χ4n) is 1.49. The zero-order valence-electron chi connectivity index (χ0n) is 12.7. The minimum atomic E-state index is -3.03. The molecule has 0 aliphatic rings. The van der Waals surface area contributed by atoms with Crippen LogP contribution in [-0.2, 0) is 21.8 Å². The van der Waals surface area contributed by atoms with Crippen LogP contribution in [0, 0.1) is 0 Å². The number of rotatable bonds is 5. The number of sulfone groups is 1. The molecular formula is C14H25NO2S2. The Labute approximate surface area is 121 Å². The Morgan fingerprint density at radius 1 is 1.16 bits per heavy atom. The van der Waals surface area contributed by atoms with E-state index in [0.717, 1.165) is 6.54 Å². The van der Waals surface area contributed by atoms with Gasteiger partial charge in [-0.05, 0) is 31.4 Å². The van der Waals surface area contributed by atoms with E-state index in [1.165, 1.54) is 16.0 Å². The first kappa shape index (κ1) is 16.7. The molecule has 0 radical (unpaired) electrons. The predicted molar refractivity (Wildman–Crippen MR) is 83.6 cm³/mol. The quantitative estimate of drug-likeness (QED) is 0.909. The Kier molecular flexibility index (Phi) is 4.86. The summed E-state index contributed by atoms with van der Waals surface area (Å²) < 4.78 is 22.5. The first-order valence-corrected chi connectivity index (χ1v) is 9.14. The lowest BCUT2D eigenvalue weighted by atomic mass is 9.95. The highest BCUT2D eigenvalue weighted by Gasteiger charge is 2.29. The molecular weight excluding hydrogens is 278 g/mol. The van der Waals surface area contributed by atoms with Crippen molar-refractivity contribution in [3.8, 4) is 0 Å². The van der Waals surface area contributed by atoms with Crippen molar-refractivity contribution in [2.75, 3.05) is 12.8 Å². The summed E-state index contributed by atoms with van der Waals surface area (Å²) in [7, 11) is -3.03. The smallest absolute Gasteiger partial charge is 0.153 e. The zero-order valence-corrected chi connectivity index (χ0v) is 14.3. The topological polar surface area (TPSA) is 46.2 Å². The number of thiophene rings is 1. The van der Waals surface area contributed by atoms with Gasteiger partial charge in [0.2, 0.25) is 0 Å². The van der Waals surface area contributed by atoms with Gasteiger partial charge in [-0.25, -0.2) is 8.42 Å². The Hall–Kier alpha value is -0.390. The van der Waals surface area contributed by atoms with Crippen molar-refractivity contribution < 1.29 is 8.42 Å². The standard InChI is InChI=1S/C14H25NO2S2/c1-13(2,3)12-8-7-11(18-12)9-15-10-14(4,5)19(6,16)17/h7-8,15H,9-10H2,1-6H3. The average molecular weight is 303 g/mol. The molecule has 1 rings (SSSR count). The van der Waals surface area contributed by atoms with E-state index >= 15 is 0 Å². The summed E-state index contributed by atoms with van der Waals surface area (Å²) in [6.45, 7) is 11.3. The molecule has 0 unspecified atom stereocenters. The predicted octanol–water partition coefficient (Wildman–Crippen LogP) is 2.96. The van der Waals surface area contributed by atoms with Crippen molar-refractivity contribution in [1.82, 2.24) is 5.32 Å². The summed E-state index contributed by atoms with van der Waals surface area (Å²) in [6, 6.07) is 4.27. The van der Waals surface area contributed by atoms with Crippen molar-refractivity contribution in [2.24, 2.45) is 0 Å². The van der Waals surface area contributed by atoms with E-state index in [0.29, 0.717) is 6.54 Å². The molecule has 5 heteroatoms. The van der Waals surface area contributed by atoms with Crippen LogP contribution in [0.25, 0.3) is 0 Å². The highest BCUT2D eigenvalue weighted by Crippen LogP contribution is 2.29. The van der Waals surface area contributed by atoms with Gasteiger partial charge in [-0.15, -0.1) is 11.3 Å². The molecule has 0 amide bonds. The molecule has 3 nitrogen and oxygen atoms in total. The third kappa shape index (κ3) is 4.58. The van der Waals surface area contributed by atoms with Crippen LogP contribution in [0.1, 0.15) is 44.4 Å². The zero-order chi connectivity index (χ0) is 14.9. The molecule has 0 fully saturated rings. The van der Waals surface area contributed by atoms with Crippen LogP contribution in [0.5, 0.6) is 0 Å². The van der Waals surface area contributed by atoms with Gasteiger partial charge in [-0.2, -0.15) is 0 Å². The minimum Gasteiger partial charge on any atom is -0.310 e.